The molecule has 1 aromatic heterocycles. The lowest BCUT2D eigenvalue weighted by Gasteiger charge is -2.53. The number of amides is 2. The van der Waals surface area contributed by atoms with Crippen molar-refractivity contribution in [1.82, 2.24) is 15.2 Å². The van der Waals surface area contributed by atoms with Crippen molar-refractivity contribution in [1.29, 1.82) is 0 Å². The van der Waals surface area contributed by atoms with Crippen LogP contribution in [0.2, 0.25) is 0 Å². The number of thioether (sulfide) groups is 1. The number of nitrogens with two attached hydrogens (primary N) is 1. The van der Waals surface area contributed by atoms with Crippen LogP contribution < -0.4 is 11.1 Å². The van der Waals surface area contributed by atoms with E-state index in [1.165, 1.54) is 30.9 Å². The van der Waals surface area contributed by atoms with Gasteiger partial charge >= 0.3 is 11.9 Å². The molecule has 0 aromatic carbocycles. The van der Waals surface area contributed by atoms with Gasteiger partial charge in [0.1, 0.15) is 29.6 Å². The quantitative estimate of drug-likeness (QED) is 0.135. The molecule has 0 spiro atoms. The molecular formula is C20H27N5O8S2. The van der Waals surface area contributed by atoms with Crippen molar-refractivity contribution in [2.45, 2.75) is 25.3 Å². The number of methoxy groups -OCH3 is 1. The van der Waals surface area contributed by atoms with Gasteiger partial charge in [0.15, 0.2) is 10.8 Å². The van der Waals surface area contributed by atoms with Gasteiger partial charge in [-0.1, -0.05) is 19.0 Å². The third-order valence-electron chi connectivity index (χ3n) is 5.31. The van der Waals surface area contributed by atoms with Gasteiger partial charge < -0.3 is 35.0 Å². The molecule has 2 unspecified atom stereocenters. The van der Waals surface area contributed by atoms with E-state index in [1.807, 2.05) is 0 Å². The number of fused-ring (bicyclic) bond motifs is 1. The van der Waals surface area contributed by atoms with Gasteiger partial charge in [-0.3, -0.25) is 19.2 Å². The highest BCUT2D eigenvalue weighted by Gasteiger charge is 2.58. The Morgan fingerprint density at radius 2 is 2.09 bits per heavy atom. The summed E-state index contributed by atoms with van der Waals surface area (Å²) in [6.07, 6.45) is 0. The minimum atomic E-state index is -1.15. The van der Waals surface area contributed by atoms with Gasteiger partial charge in [-0.2, -0.15) is 0 Å². The van der Waals surface area contributed by atoms with Crippen LogP contribution in [0.4, 0.5) is 5.13 Å². The fourth-order valence-electron chi connectivity index (χ4n) is 3.54. The molecule has 0 saturated carbocycles. The molecule has 2 aliphatic rings. The van der Waals surface area contributed by atoms with Crippen LogP contribution in [-0.2, 0) is 38.2 Å². The van der Waals surface area contributed by atoms with E-state index in [1.54, 1.807) is 19.2 Å². The molecular weight excluding hydrogens is 502 g/mol. The van der Waals surface area contributed by atoms with Crippen LogP contribution in [0.3, 0.4) is 0 Å². The standard InChI is InChI=1S/C20H27N5O8S2/c1-10(2)17(28)32-9-33-18(29)20(7-30-3)6-25-15(27)13(16(25)35-8-20)23-14(26)12(24-31-4)11-5-34-19(21)22-11/h5,10,13,16H,6-9H2,1-4H3,(H2,21,22)(H,23,26)/t13?,16-,20?/m1/s1. The summed E-state index contributed by atoms with van der Waals surface area (Å²) in [6.45, 7) is 2.83. The summed E-state index contributed by atoms with van der Waals surface area (Å²) in [4.78, 5) is 60.4. The third-order valence-corrected chi connectivity index (χ3v) is 7.57. The summed E-state index contributed by atoms with van der Waals surface area (Å²) in [7, 11) is 2.72. The summed E-state index contributed by atoms with van der Waals surface area (Å²) in [5, 5.41) is 7.79. The molecule has 1 aromatic rings. The lowest BCUT2D eigenvalue weighted by Crippen LogP contribution is -2.74. The van der Waals surface area contributed by atoms with Crippen molar-refractivity contribution in [3.8, 4) is 0 Å². The van der Waals surface area contributed by atoms with Gasteiger partial charge in [-0.25, -0.2) is 4.98 Å². The van der Waals surface area contributed by atoms with Crippen molar-refractivity contribution >= 4 is 57.7 Å². The van der Waals surface area contributed by atoms with Crippen molar-refractivity contribution in [3.05, 3.63) is 11.1 Å². The lowest BCUT2D eigenvalue weighted by molar-refractivity contribution is -0.180. The maximum atomic E-state index is 12.9. The average molecular weight is 530 g/mol. The Bertz CT molecular complexity index is 1020. The van der Waals surface area contributed by atoms with Crippen LogP contribution in [0.25, 0.3) is 0 Å². The minimum absolute atomic E-state index is 0.000375. The Morgan fingerprint density at radius 3 is 2.69 bits per heavy atom. The second-order valence-corrected chi connectivity index (χ2v) is 10.2. The molecule has 35 heavy (non-hydrogen) atoms. The number of thiazole rings is 1. The van der Waals surface area contributed by atoms with Crippen molar-refractivity contribution in [3.63, 3.8) is 0 Å². The van der Waals surface area contributed by atoms with Crippen LogP contribution >= 0.6 is 23.1 Å². The second kappa shape index (κ2) is 11.2. The van der Waals surface area contributed by atoms with Gasteiger partial charge in [0.05, 0.1) is 12.5 Å². The van der Waals surface area contributed by atoms with Crippen molar-refractivity contribution in [2.24, 2.45) is 16.5 Å². The number of anilines is 1. The summed E-state index contributed by atoms with van der Waals surface area (Å²) < 4.78 is 15.3. The number of oxime groups is 1. The topological polar surface area (TPSA) is 172 Å². The first-order chi connectivity index (χ1) is 16.6. The van der Waals surface area contributed by atoms with Crippen molar-refractivity contribution < 1.29 is 38.2 Å². The molecule has 192 valence electrons. The van der Waals surface area contributed by atoms with Crippen LogP contribution in [0, 0.1) is 11.3 Å². The summed E-state index contributed by atoms with van der Waals surface area (Å²) in [6, 6.07) is -0.825. The number of carbonyl (C=O) groups is 4. The Labute approximate surface area is 209 Å². The Morgan fingerprint density at radius 1 is 1.34 bits per heavy atom. The Kier molecular flexibility index (Phi) is 8.56. The molecule has 3 heterocycles. The van der Waals surface area contributed by atoms with Gasteiger partial charge in [-0.05, 0) is 0 Å². The maximum absolute atomic E-state index is 12.9. The smallest absolute Gasteiger partial charge is 0.319 e. The monoisotopic (exact) mass is 529 g/mol. The number of hydrogen-bond donors (Lipinski definition) is 2. The SMILES string of the molecule is COCC1(C(=O)OCOC(=O)C(C)C)CS[C@@H]2C(NC(=O)C(=NOC)c3csc(N)n3)C(=O)N2C1. The van der Waals surface area contributed by atoms with E-state index in [-0.39, 0.29) is 47.3 Å². The van der Waals surface area contributed by atoms with Crippen LogP contribution in [-0.4, -0.2) is 90.7 Å². The number of hydrogen-bond acceptors (Lipinski definition) is 13. The van der Waals surface area contributed by atoms with E-state index in [9.17, 15) is 19.2 Å². The summed E-state index contributed by atoms with van der Waals surface area (Å²) in [5.74, 6) is -2.25. The normalized spacial score (nSPS) is 23.9. The molecule has 0 radical (unpaired) electrons. The largest absolute Gasteiger partial charge is 0.428 e. The minimum Gasteiger partial charge on any atom is -0.428 e. The first-order valence-corrected chi connectivity index (χ1v) is 12.4. The number of ether oxygens (including phenoxy) is 3. The molecule has 15 heteroatoms. The Balaban J connectivity index is 1.64. The number of carbonyl (C=O) groups excluding carboxylic acids is 4. The average Bonchev–Trinajstić information content (AvgIpc) is 3.26. The first kappa shape index (κ1) is 26.7. The molecule has 3 rings (SSSR count). The number of aromatic nitrogens is 1. The molecule has 0 bridgehead atoms. The zero-order valence-corrected chi connectivity index (χ0v) is 21.3. The molecule has 0 aliphatic carbocycles. The molecule has 2 fully saturated rings. The molecule has 13 nitrogen and oxygen atoms in total. The van der Waals surface area contributed by atoms with E-state index in [0.29, 0.717) is 0 Å². The number of rotatable bonds is 10. The number of β-lactam (4-membered cyclic amide) rings is 1. The molecule has 3 N–H and O–H groups in total. The van der Waals surface area contributed by atoms with E-state index in [2.05, 4.69) is 15.5 Å². The molecule has 3 atom stereocenters. The predicted octanol–water partition coefficient (Wildman–Crippen LogP) is -0.192. The van der Waals surface area contributed by atoms with E-state index in [0.717, 1.165) is 11.3 Å². The predicted molar refractivity (Wildman–Crippen MR) is 126 cm³/mol. The lowest BCUT2D eigenvalue weighted by atomic mass is 9.88. The zero-order chi connectivity index (χ0) is 25.8. The number of nitrogens with one attached hydrogen (secondary N) is 1. The number of esters is 2. The maximum Gasteiger partial charge on any atom is 0.319 e. The third kappa shape index (κ3) is 5.67. The molecule has 2 aliphatic heterocycles. The second-order valence-electron chi connectivity index (χ2n) is 8.19. The van der Waals surface area contributed by atoms with Gasteiger partial charge in [-0.15, -0.1) is 23.1 Å². The fourth-order valence-corrected chi connectivity index (χ4v) is 5.60. The van der Waals surface area contributed by atoms with E-state index >= 15 is 0 Å². The van der Waals surface area contributed by atoms with Gasteiger partial charge in [0.25, 0.3) is 5.91 Å². The van der Waals surface area contributed by atoms with Gasteiger partial charge in [0, 0.05) is 24.8 Å². The van der Waals surface area contributed by atoms with E-state index in [4.69, 9.17) is 24.8 Å². The van der Waals surface area contributed by atoms with Crippen LogP contribution in [0.1, 0.15) is 19.5 Å². The zero-order valence-electron chi connectivity index (χ0n) is 19.6. The van der Waals surface area contributed by atoms with E-state index < -0.39 is 41.5 Å². The fraction of sp³-hybridized carbons (Fsp3) is 0.600. The highest BCUT2D eigenvalue weighted by molar-refractivity contribution is 8.00. The first-order valence-electron chi connectivity index (χ1n) is 10.5. The Hall–Kier alpha value is -2.91. The summed E-state index contributed by atoms with van der Waals surface area (Å²) in [5.41, 5.74) is 4.61. The van der Waals surface area contributed by atoms with Crippen molar-refractivity contribution in [2.75, 3.05) is 45.7 Å². The number of nitrogen functional groups attached to an aromatic ring is 1. The molecule has 2 saturated heterocycles. The van der Waals surface area contributed by atoms with Crippen LogP contribution in [0.15, 0.2) is 10.5 Å². The van der Waals surface area contributed by atoms with Gasteiger partial charge in [0.2, 0.25) is 12.7 Å². The summed E-state index contributed by atoms with van der Waals surface area (Å²) >= 11 is 2.45. The number of nitrogens with zero attached hydrogens (tertiary/aromatic N) is 3. The highest BCUT2D eigenvalue weighted by Crippen LogP contribution is 2.43. The highest BCUT2D eigenvalue weighted by atomic mass is 32.2. The molecule has 2 amide bonds. The van der Waals surface area contributed by atoms with Crippen LogP contribution in [0.5, 0.6) is 0 Å².